The van der Waals surface area contributed by atoms with Gasteiger partial charge >= 0.3 is 5.97 Å². The molecule has 0 spiro atoms. The predicted octanol–water partition coefficient (Wildman–Crippen LogP) is 0.0582. The van der Waals surface area contributed by atoms with Crippen molar-refractivity contribution in [2.75, 3.05) is 11.2 Å². The van der Waals surface area contributed by atoms with E-state index >= 15 is 0 Å². The van der Waals surface area contributed by atoms with E-state index in [1.165, 1.54) is 6.92 Å². The van der Waals surface area contributed by atoms with Gasteiger partial charge in [-0.05, 0) is 0 Å². The summed E-state index contributed by atoms with van der Waals surface area (Å²) in [4.78, 5) is 20.6. The van der Waals surface area contributed by atoms with E-state index in [1.54, 1.807) is 0 Å². The molecular formula is C5H8INO3. The van der Waals surface area contributed by atoms with Crippen LogP contribution in [0, 0.1) is 0 Å². The fourth-order valence-corrected chi connectivity index (χ4v) is 0.535. The molecule has 0 saturated heterocycles. The zero-order valence-corrected chi connectivity index (χ0v) is 7.67. The Morgan fingerprint density at radius 3 is 2.60 bits per heavy atom. The monoisotopic (exact) mass is 257 g/mol. The molecule has 0 aliphatic rings. The van der Waals surface area contributed by atoms with Crippen LogP contribution in [-0.2, 0) is 14.3 Å². The molecule has 0 aromatic carbocycles. The van der Waals surface area contributed by atoms with Crippen LogP contribution in [0.1, 0.15) is 6.92 Å². The van der Waals surface area contributed by atoms with Gasteiger partial charge in [-0.2, -0.15) is 0 Å². The standard InChI is InChI=1S/C5H8INO3/c1-4(8)10-3-7-5(9)2-6/h2-3H2,1H3,(H,7,9). The summed E-state index contributed by atoms with van der Waals surface area (Å²) in [7, 11) is 0. The largest absolute Gasteiger partial charge is 0.445 e. The first-order valence-electron chi connectivity index (χ1n) is 2.63. The zero-order valence-electron chi connectivity index (χ0n) is 5.52. The van der Waals surface area contributed by atoms with Crippen molar-refractivity contribution in [2.24, 2.45) is 0 Å². The average Bonchev–Trinajstić information content (AvgIpc) is 1.87. The Morgan fingerprint density at radius 1 is 1.60 bits per heavy atom. The number of hydrogen-bond acceptors (Lipinski definition) is 3. The number of carbonyl (C=O) groups is 2. The Hall–Kier alpha value is -0.330. The highest BCUT2D eigenvalue weighted by Crippen LogP contribution is 1.79. The third kappa shape index (κ3) is 5.80. The maximum Gasteiger partial charge on any atom is 0.304 e. The van der Waals surface area contributed by atoms with Crippen LogP contribution >= 0.6 is 22.6 Å². The number of amides is 1. The Kier molecular flexibility index (Phi) is 5.27. The molecule has 0 radical (unpaired) electrons. The van der Waals surface area contributed by atoms with Crippen LogP contribution in [0.3, 0.4) is 0 Å². The molecule has 0 aliphatic heterocycles. The molecule has 0 bridgehead atoms. The van der Waals surface area contributed by atoms with Gasteiger partial charge in [0.15, 0.2) is 6.73 Å². The SMILES string of the molecule is CC(=O)OCNC(=O)CI. The maximum atomic E-state index is 10.5. The summed E-state index contributed by atoms with van der Waals surface area (Å²) in [6.45, 7) is 1.26. The van der Waals surface area contributed by atoms with Crippen LogP contribution < -0.4 is 5.32 Å². The first kappa shape index (κ1) is 9.67. The van der Waals surface area contributed by atoms with Crippen molar-refractivity contribution in [3.8, 4) is 0 Å². The summed E-state index contributed by atoms with van der Waals surface area (Å²) >= 11 is 1.92. The lowest BCUT2D eigenvalue weighted by Gasteiger charge is -2.01. The van der Waals surface area contributed by atoms with Crippen LogP contribution in [0.15, 0.2) is 0 Å². The van der Waals surface area contributed by atoms with E-state index in [0.717, 1.165) is 0 Å². The van der Waals surface area contributed by atoms with Gasteiger partial charge in [-0.15, -0.1) is 0 Å². The second-order valence-electron chi connectivity index (χ2n) is 1.51. The number of esters is 1. The molecule has 0 rings (SSSR count). The number of halogens is 1. The van der Waals surface area contributed by atoms with Crippen LogP contribution in [-0.4, -0.2) is 23.0 Å². The summed E-state index contributed by atoms with van der Waals surface area (Å²) in [6, 6.07) is 0. The molecule has 0 aromatic rings. The van der Waals surface area contributed by atoms with Gasteiger partial charge < -0.3 is 10.1 Å². The first-order valence-corrected chi connectivity index (χ1v) is 4.15. The van der Waals surface area contributed by atoms with Gasteiger partial charge in [0.05, 0.1) is 4.43 Å². The minimum absolute atomic E-state index is 0.0306. The molecule has 0 atom stereocenters. The fourth-order valence-electron chi connectivity index (χ4n) is 0.265. The summed E-state index contributed by atoms with van der Waals surface area (Å²) in [5, 5.41) is 2.37. The van der Waals surface area contributed by atoms with Crippen molar-refractivity contribution in [1.82, 2.24) is 5.32 Å². The van der Waals surface area contributed by atoms with E-state index in [4.69, 9.17) is 0 Å². The number of carbonyl (C=O) groups excluding carboxylic acids is 2. The maximum absolute atomic E-state index is 10.5. The lowest BCUT2D eigenvalue weighted by atomic mass is 10.7. The van der Waals surface area contributed by atoms with Gasteiger partial charge in [0, 0.05) is 6.92 Å². The molecule has 0 aromatic heterocycles. The van der Waals surface area contributed by atoms with Crippen LogP contribution in [0.25, 0.3) is 0 Å². The van der Waals surface area contributed by atoms with Gasteiger partial charge in [-0.3, -0.25) is 9.59 Å². The summed E-state index contributed by atoms with van der Waals surface area (Å²) < 4.78 is 4.81. The summed E-state index contributed by atoms with van der Waals surface area (Å²) in [5.74, 6) is -0.532. The van der Waals surface area contributed by atoms with E-state index in [-0.39, 0.29) is 12.6 Å². The van der Waals surface area contributed by atoms with Gasteiger partial charge in [0.1, 0.15) is 0 Å². The third-order valence-electron chi connectivity index (χ3n) is 0.666. The molecule has 4 nitrogen and oxygen atoms in total. The minimum atomic E-state index is -0.395. The van der Waals surface area contributed by atoms with Crippen molar-refractivity contribution >= 4 is 34.5 Å². The number of alkyl halides is 1. The van der Waals surface area contributed by atoms with Crippen molar-refractivity contribution < 1.29 is 14.3 Å². The van der Waals surface area contributed by atoms with Crippen molar-refractivity contribution in [1.29, 1.82) is 0 Å². The van der Waals surface area contributed by atoms with E-state index < -0.39 is 5.97 Å². The van der Waals surface area contributed by atoms with Gasteiger partial charge in [0.25, 0.3) is 0 Å². The Bertz CT molecular complexity index is 137. The molecule has 1 N–H and O–H groups in total. The van der Waals surface area contributed by atoms with Crippen molar-refractivity contribution in [3.63, 3.8) is 0 Å². The molecular weight excluding hydrogens is 249 g/mol. The highest BCUT2D eigenvalue weighted by atomic mass is 127. The highest BCUT2D eigenvalue weighted by Gasteiger charge is 1.96. The zero-order chi connectivity index (χ0) is 7.98. The van der Waals surface area contributed by atoms with Crippen LogP contribution in [0.4, 0.5) is 0 Å². The normalized spacial score (nSPS) is 8.60. The quantitative estimate of drug-likeness (QED) is 0.336. The molecule has 5 heteroatoms. The number of ether oxygens (including phenoxy) is 1. The third-order valence-corrected chi connectivity index (χ3v) is 1.36. The summed E-state index contributed by atoms with van der Waals surface area (Å²) in [6.07, 6.45) is 0. The van der Waals surface area contributed by atoms with E-state index in [9.17, 15) is 9.59 Å². The lowest BCUT2D eigenvalue weighted by molar-refractivity contribution is -0.142. The van der Waals surface area contributed by atoms with Gasteiger partial charge in [-0.1, -0.05) is 22.6 Å². The van der Waals surface area contributed by atoms with Crippen LogP contribution in [0.5, 0.6) is 0 Å². The first-order chi connectivity index (χ1) is 4.66. The lowest BCUT2D eigenvalue weighted by Crippen LogP contribution is -2.27. The number of rotatable bonds is 3. The van der Waals surface area contributed by atoms with E-state index in [2.05, 4.69) is 10.1 Å². The predicted molar refractivity (Wildman–Crippen MR) is 43.7 cm³/mol. The highest BCUT2D eigenvalue weighted by molar-refractivity contribution is 14.1. The van der Waals surface area contributed by atoms with Gasteiger partial charge in [0.2, 0.25) is 5.91 Å². The minimum Gasteiger partial charge on any atom is -0.445 e. The second-order valence-corrected chi connectivity index (χ2v) is 2.28. The topological polar surface area (TPSA) is 55.4 Å². The average molecular weight is 257 g/mol. The molecule has 0 saturated carbocycles. The van der Waals surface area contributed by atoms with E-state index in [1.807, 2.05) is 22.6 Å². The molecule has 0 unspecified atom stereocenters. The van der Waals surface area contributed by atoms with E-state index in [0.29, 0.717) is 4.43 Å². The molecule has 10 heavy (non-hydrogen) atoms. The number of hydrogen-bond donors (Lipinski definition) is 1. The molecule has 0 heterocycles. The van der Waals surface area contributed by atoms with Crippen molar-refractivity contribution in [3.05, 3.63) is 0 Å². The second kappa shape index (κ2) is 5.45. The Morgan fingerprint density at radius 2 is 2.20 bits per heavy atom. The Labute approximate surface area is 72.4 Å². The Balaban J connectivity index is 3.20. The molecule has 0 fully saturated rings. The summed E-state index contributed by atoms with van der Waals surface area (Å²) in [5.41, 5.74) is 0. The molecule has 58 valence electrons. The fraction of sp³-hybridized carbons (Fsp3) is 0.600. The molecule has 1 amide bonds. The molecule has 0 aliphatic carbocycles. The smallest absolute Gasteiger partial charge is 0.304 e. The van der Waals surface area contributed by atoms with Crippen LogP contribution in [0.2, 0.25) is 0 Å². The van der Waals surface area contributed by atoms with Crippen molar-refractivity contribution in [2.45, 2.75) is 6.92 Å². The van der Waals surface area contributed by atoms with Gasteiger partial charge in [-0.25, -0.2) is 0 Å². The number of nitrogens with one attached hydrogen (secondary N) is 1.